The van der Waals surface area contributed by atoms with Gasteiger partial charge in [0.1, 0.15) is 0 Å². The minimum Gasteiger partial charge on any atom is -0.340 e. The molecule has 0 saturated heterocycles. The summed E-state index contributed by atoms with van der Waals surface area (Å²) in [5.41, 5.74) is 3.95. The van der Waals surface area contributed by atoms with E-state index in [1.165, 1.54) is 7.05 Å². The molecule has 56 valence electrons. The zero-order valence-corrected chi connectivity index (χ0v) is 5.47. The molecular weight excluding hydrogens is 136 g/mol. The van der Waals surface area contributed by atoms with Gasteiger partial charge in [-0.2, -0.15) is 0 Å². The molecule has 4 amide bonds. The van der Waals surface area contributed by atoms with Crippen LogP contribution in [0.4, 0.5) is 9.59 Å². The fourth-order valence-corrected chi connectivity index (χ4v) is 0.212. The Morgan fingerprint density at radius 2 is 2.00 bits per heavy atom. The number of hydrogen-bond donors (Lipinski definition) is 3. The molecule has 10 heavy (non-hydrogen) atoms. The summed E-state index contributed by atoms with van der Waals surface area (Å²) in [7, 11) is 1.42. The van der Waals surface area contributed by atoms with Crippen molar-refractivity contribution in [3.63, 3.8) is 0 Å². The van der Waals surface area contributed by atoms with Gasteiger partial charge in [-0.1, -0.05) is 0 Å². The quantitative estimate of drug-likeness (QED) is 0.308. The number of urea groups is 2. The molecule has 3 N–H and O–H groups in total. The lowest BCUT2D eigenvalue weighted by Gasteiger charge is -2.01. The van der Waals surface area contributed by atoms with Gasteiger partial charge >= 0.3 is 12.1 Å². The fourth-order valence-electron chi connectivity index (χ4n) is 0.212. The van der Waals surface area contributed by atoms with Crippen LogP contribution < -0.4 is 16.2 Å². The third kappa shape index (κ3) is 3.42. The van der Waals surface area contributed by atoms with Crippen molar-refractivity contribution in [3.8, 4) is 0 Å². The summed E-state index contributed by atoms with van der Waals surface area (Å²) in [6, 6.07) is -1.22. The molecule has 0 aliphatic rings. The summed E-state index contributed by atoms with van der Waals surface area (Å²) < 4.78 is 0. The van der Waals surface area contributed by atoms with Crippen molar-refractivity contribution in [1.82, 2.24) is 16.2 Å². The zero-order chi connectivity index (χ0) is 7.98. The second-order valence-corrected chi connectivity index (χ2v) is 1.29. The Kier molecular flexibility index (Phi) is 3.62. The molecule has 0 heterocycles. The minimum absolute atomic E-state index is 0.517. The van der Waals surface area contributed by atoms with E-state index in [1.54, 1.807) is 0 Å². The van der Waals surface area contributed by atoms with Gasteiger partial charge in [0.2, 0.25) is 0 Å². The van der Waals surface area contributed by atoms with Gasteiger partial charge in [0, 0.05) is 7.05 Å². The highest BCUT2D eigenvalue weighted by atomic mass is 16.2. The van der Waals surface area contributed by atoms with E-state index in [0.717, 1.165) is 0 Å². The van der Waals surface area contributed by atoms with Crippen molar-refractivity contribution in [2.75, 3.05) is 7.05 Å². The van der Waals surface area contributed by atoms with Crippen LogP contribution in [0, 0.1) is 0 Å². The van der Waals surface area contributed by atoms with Crippen molar-refractivity contribution in [3.05, 3.63) is 0 Å². The molecule has 0 spiro atoms. The number of amides is 4. The number of nitrogens with zero attached hydrogens (tertiary/aromatic N) is 1. The third-order valence-electron chi connectivity index (χ3n) is 0.654. The smallest absolute Gasteiger partial charge is 0.340 e. The predicted molar refractivity (Wildman–Crippen MR) is 35.7 cm³/mol. The van der Waals surface area contributed by atoms with Crippen LogP contribution in [-0.4, -0.2) is 25.8 Å². The monoisotopic (exact) mass is 144 g/mol. The van der Waals surface area contributed by atoms with Crippen LogP contribution in [0.25, 0.3) is 0 Å². The lowest BCUT2D eigenvalue weighted by Crippen LogP contribution is -2.44. The Labute approximate surface area is 57.7 Å². The Balaban J connectivity index is 3.44. The molecular formula is C4H8N4O2. The number of carbonyl (C=O) groups is 2. The number of rotatable bonds is 0. The fraction of sp³-hybridized carbons (Fsp3) is 0.250. The van der Waals surface area contributed by atoms with Gasteiger partial charge in [0.15, 0.2) is 0 Å². The molecule has 0 bridgehead atoms. The maximum Gasteiger partial charge on any atom is 0.359 e. The van der Waals surface area contributed by atoms with E-state index in [2.05, 4.69) is 17.0 Å². The van der Waals surface area contributed by atoms with E-state index < -0.39 is 12.1 Å². The SMILES string of the molecule is C=NC(=O)NNC(=O)NC. The van der Waals surface area contributed by atoms with Crippen LogP contribution in [-0.2, 0) is 0 Å². The van der Waals surface area contributed by atoms with Gasteiger partial charge in [0.25, 0.3) is 0 Å². The molecule has 0 saturated carbocycles. The third-order valence-corrected chi connectivity index (χ3v) is 0.654. The van der Waals surface area contributed by atoms with Gasteiger partial charge in [-0.15, -0.1) is 0 Å². The van der Waals surface area contributed by atoms with Crippen LogP contribution in [0.5, 0.6) is 0 Å². The normalized spacial score (nSPS) is 7.70. The van der Waals surface area contributed by atoms with Crippen molar-refractivity contribution in [2.24, 2.45) is 4.99 Å². The summed E-state index contributed by atoms with van der Waals surface area (Å²) in [5.74, 6) is 0. The van der Waals surface area contributed by atoms with Crippen molar-refractivity contribution in [1.29, 1.82) is 0 Å². The topological polar surface area (TPSA) is 82.6 Å². The Bertz CT molecular complexity index is 155. The molecule has 0 fully saturated rings. The summed E-state index contributed by atoms with van der Waals surface area (Å²) in [5, 5.41) is 2.22. The van der Waals surface area contributed by atoms with E-state index in [-0.39, 0.29) is 0 Å². The molecule has 0 aromatic carbocycles. The van der Waals surface area contributed by atoms with Crippen LogP contribution in [0.2, 0.25) is 0 Å². The van der Waals surface area contributed by atoms with Gasteiger partial charge in [-0.05, 0) is 6.72 Å². The first kappa shape index (κ1) is 8.41. The van der Waals surface area contributed by atoms with E-state index in [0.29, 0.717) is 0 Å². The molecule has 0 atom stereocenters. The van der Waals surface area contributed by atoms with Gasteiger partial charge < -0.3 is 5.32 Å². The molecule has 0 rings (SSSR count). The van der Waals surface area contributed by atoms with Crippen molar-refractivity contribution >= 4 is 18.8 Å². The van der Waals surface area contributed by atoms with Gasteiger partial charge in [-0.3, -0.25) is 0 Å². The number of carbonyl (C=O) groups excluding carboxylic acids is 2. The van der Waals surface area contributed by atoms with E-state index in [1.807, 2.05) is 10.9 Å². The summed E-state index contributed by atoms with van der Waals surface area (Å²) in [6.45, 7) is 2.93. The summed E-state index contributed by atoms with van der Waals surface area (Å²) in [4.78, 5) is 23.5. The number of hydrogen-bond acceptors (Lipinski definition) is 2. The van der Waals surface area contributed by atoms with E-state index >= 15 is 0 Å². The Morgan fingerprint density at radius 1 is 1.40 bits per heavy atom. The van der Waals surface area contributed by atoms with E-state index in [4.69, 9.17) is 0 Å². The molecule has 0 aromatic rings. The standard InChI is InChI=1S/C4H8N4O2/c1-5-3(9)7-8-4(10)6-2/h1H2,2H3,(H,7,9)(H2,6,8,10). The molecule has 0 aliphatic carbocycles. The maximum absolute atomic E-state index is 10.3. The number of nitrogens with one attached hydrogen (secondary N) is 3. The van der Waals surface area contributed by atoms with E-state index in [9.17, 15) is 9.59 Å². The molecule has 6 heteroatoms. The highest BCUT2D eigenvalue weighted by molar-refractivity contribution is 5.82. The van der Waals surface area contributed by atoms with Gasteiger partial charge in [0.05, 0.1) is 0 Å². The number of aliphatic imine (C=N–C) groups is 1. The second kappa shape index (κ2) is 4.30. The zero-order valence-electron chi connectivity index (χ0n) is 5.47. The lowest BCUT2D eigenvalue weighted by atomic mass is 11.0. The highest BCUT2D eigenvalue weighted by Crippen LogP contribution is 1.64. The van der Waals surface area contributed by atoms with Crippen LogP contribution >= 0.6 is 0 Å². The predicted octanol–water partition coefficient (Wildman–Crippen LogP) is -0.759. The van der Waals surface area contributed by atoms with Crippen molar-refractivity contribution < 1.29 is 9.59 Å². The Hall–Kier alpha value is -1.59. The Morgan fingerprint density at radius 3 is 2.40 bits per heavy atom. The van der Waals surface area contributed by atoms with Crippen molar-refractivity contribution in [2.45, 2.75) is 0 Å². The first-order valence-electron chi connectivity index (χ1n) is 2.45. The largest absolute Gasteiger partial charge is 0.359 e. The first-order valence-corrected chi connectivity index (χ1v) is 2.45. The first-order chi connectivity index (χ1) is 4.70. The minimum atomic E-state index is -0.705. The maximum atomic E-state index is 10.3. The summed E-state index contributed by atoms with van der Waals surface area (Å²) in [6.07, 6.45) is 0. The molecule has 0 unspecified atom stereocenters. The average Bonchev–Trinajstić information content (AvgIpc) is 1.99. The van der Waals surface area contributed by atoms with Crippen LogP contribution in [0.15, 0.2) is 4.99 Å². The van der Waals surface area contributed by atoms with Gasteiger partial charge in [-0.25, -0.2) is 25.4 Å². The molecule has 0 aliphatic heterocycles. The van der Waals surface area contributed by atoms with Crippen LogP contribution in [0.1, 0.15) is 0 Å². The average molecular weight is 144 g/mol. The molecule has 0 aromatic heterocycles. The second-order valence-electron chi connectivity index (χ2n) is 1.29. The highest BCUT2D eigenvalue weighted by Gasteiger charge is 1.96. The number of hydrazine groups is 1. The molecule has 0 radical (unpaired) electrons. The lowest BCUT2D eigenvalue weighted by molar-refractivity contribution is 0.230. The summed E-state index contributed by atoms with van der Waals surface area (Å²) >= 11 is 0. The van der Waals surface area contributed by atoms with Crippen LogP contribution in [0.3, 0.4) is 0 Å². The molecule has 6 nitrogen and oxygen atoms in total.